The number of nitro benzene ring substituents is 1. The number of benzene rings is 1. The van der Waals surface area contributed by atoms with Crippen LogP contribution in [-0.4, -0.2) is 22.2 Å². The molecule has 1 aliphatic rings. The van der Waals surface area contributed by atoms with Crippen molar-refractivity contribution in [2.75, 3.05) is 11.5 Å². The second kappa shape index (κ2) is 6.00. The van der Waals surface area contributed by atoms with Crippen molar-refractivity contribution in [2.24, 2.45) is 5.92 Å². The van der Waals surface area contributed by atoms with E-state index in [1.807, 2.05) is 11.8 Å². The maximum Gasteiger partial charge on any atom is 0.280 e. The van der Waals surface area contributed by atoms with Crippen LogP contribution in [0.3, 0.4) is 0 Å². The Bertz CT molecular complexity index is 455. The first-order valence-corrected chi connectivity index (χ1v) is 7.18. The lowest BCUT2D eigenvalue weighted by Gasteiger charge is -2.20. The van der Waals surface area contributed by atoms with E-state index in [4.69, 9.17) is 0 Å². The van der Waals surface area contributed by atoms with Crippen molar-refractivity contribution in [3.63, 3.8) is 0 Å². The van der Waals surface area contributed by atoms with Crippen LogP contribution in [0, 0.1) is 16.0 Å². The summed E-state index contributed by atoms with van der Waals surface area (Å²) in [6.45, 7) is 0. The Labute approximate surface area is 110 Å². The van der Waals surface area contributed by atoms with Crippen molar-refractivity contribution in [3.05, 3.63) is 39.9 Å². The number of nitro groups is 1. The monoisotopic (exact) mass is 265 g/mol. The van der Waals surface area contributed by atoms with E-state index in [0.29, 0.717) is 12.3 Å². The Morgan fingerprint density at radius 2 is 2.00 bits per heavy atom. The summed E-state index contributed by atoms with van der Waals surface area (Å²) < 4.78 is 0. The third-order valence-electron chi connectivity index (χ3n) is 3.22. The van der Waals surface area contributed by atoms with Crippen molar-refractivity contribution < 1.29 is 9.72 Å². The topological polar surface area (TPSA) is 60.2 Å². The molecule has 0 atom stereocenters. The second-order valence-corrected chi connectivity index (χ2v) is 5.68. The summed E-state index contributed by atoms with van der Waals surface area (Å²) >= 11 is 1.91. The van der Waals surface area contributed by atoms with Gasteiger partial charge < -0.3 is 0 Å². The van der Waals surface area contributed by atoms with E-state index in [-0.39, 0.29) is 17.0 Å². The van der Waals surface area contributed by atoms with Crippen LogP contribution < -0.4 is 0 Å². The first-order chi connectivity index (χ1) is 8.68. The average Bonchev–Trinajstić information content (AvgIpc) is 2.40. The minimum atomic E-state index is -0.482. The lowest BCUT2D eigenvalue weighted by atomic mass is 9.93. The number of carbonyl (C=O) groups is 1. The van der Waals surface area contributed by atoms with E-state index in [9.17, 15) is 14.9 Å². The normalized spacial score (nSPS) is 16.4. The van der Waals surface area contributed by atoms with Gasteiger partial charge in [-0.3, -0.25) is 14.9 Å². The smallest absolute Gasteiger partial charge is 0.280 e. The molecule has 2 rings (SSSR count). The third kappa shape index (κ3) is 3.10. The van der Waals surface area contributed by atoms with Gasteiger partial charge in [-0.25, -0.2) is 0 Å². The van der Waals surface area contributed by atoms with Gasteiger partial charge >= 0.3 is 0 Å². The molecule has 1 aromatic rings. The van der Waals surface area contributed by atoms with E-state index < -0.39 is 4.92 Å². The summed E-state index contributed by atoms with van der Waals surface area (Å²) in [5.74, 6) is 2.47. The number of carbonyl (C=O) groups excluding carboxylic acids is 1. The number of hydrogen-bond donors (Lipinski definition) is 0. The van der Waals surface area contributed by atoms with Crippen LogP contribution in [0.1, 0.15) is 29.6 Å². The second-order valence-electron chi connectivity index (χ2n) is 4.46. The highest BCUT2D eigenvalue weighted by Gasteiger charge is 2.23. The van der Waals surface area contributed by atoms with E-state index in [0.717, 1.165) is 24.3 Å². The summed E-state index contributed by atoms with van der Waals surface area (Å²) in [4.78, 5) is 22.5. The van der Waals surface area contributed by atoms with Gasteiger partial charge in [0.2, 0.25) is 0 Å². The zero-order valence-corrected chi connectivity index (χ0v) is 10.8. The number of Topliss-reactive ketones (excluding diaryl/α,β-unsaturated/α-hetero) is 1. The molecule has 0 saturated carbocycles. The molecule has 1 aromatic carbocycles. The molecule has 1 fully saturated rings. The maximum atomic E-state index is 12.1. The lowest BCUT2D eigenvalue weighted by Crippen LogP contribution is -2.15. The molecule has 0 unspecified atom stereocenters. The Morgan fingerprint density at radius 1 is 1.33 bits per heavy atom. The summed E-state index contributed by atoms with van der Waals surface area (Å²) in [6, 6.07) is 6.21. The minimum absolute atomic E-state index is 0.0762. The fraction of sp³-hybridized carbons (Fsp3) is 0.462. The largest absolute Gasteiger partial charge is 0.294 e. The first kappa shape index (κ1) is 13.1. The minimum Gasteiger partial charge on any atom is -0.294 e. The SMILES string of the molecule is O=C(CC1CCSCC1)c1ccccc1[N+](=O)[O-]. The fourth-order valence-electron chi connectivity index (χ4n) is 2.19. The van der Waals surface area contributed by atoms with Gasteiger partial charge in [0.05, 0.1) is 10.5 Å². The molecular weight excluding hydrogens is 250 g/mol. The molecule has 4 nitrogen and oxygen atoms in total. The Balaban J connectivity index is 2.10. The molecule has 0 radical (unpaired) electrons. The van der Waals surface area contributed by atoms with Crippen molar-refractivity contribution in [2.45, 2.75) is 19.3 Å². The Kier molecular flexibility index (Phi) is 4.36. The fourth-order valence-corrected chi connectivity index (χ4v) is 3.40. The van der Waals surface area contributed by atoms with Crippen LogP contribution in [0.4, 0.5) is 5.69 Å². The zero-order valence-electron chi connectivity index (χ0n) is 10.0. The van der Waals surface area contributed by atoms with Gasteiger partial charge in [0, 0.05) is 12.5 Å². The van der Waals surface area contributed by atoms with Crippen LogP contribution in [-0.2, 0) is 0 Å². The van der Waals surface area contributed by atoms with Gasteiger partial charge in [-0.15, -0.1) is 0 Å². The predicted molar refractivity (Wildman–Crippen MR) is 72.1 cm³/mol. The highest BCUT2D eigenvalue weighted by Crippen LogP contribution is 2.28. The number of rotatable bonds is 4. The standard InChI is InChI=1S/C13H15NO3S/c15-13(9-10-5-7-18-8-6-10)11-3-1-2-4-12(11)14(16)17/h1-4,10H,5-9H2. The van der Waals surface area contributed by atoms with E-state index in [2.05, 4.69) is 0 Å². The molecule has 5 heteroatoms. The summed E-state index contributed by atoms with van der Waals surface area (Å²) in [5, 5.41) is 10.9. The molecule has 0 spiro atoms. The van der Waals surface area contributed by atoms with Crippen molar-refractivity contribution in [3.8, 4) is 0 Å². The quantitative estimate of drug-likeness (QED) is 0.476. The van der Waals surface area contributed by atoms with Crippen LogP contribution in [0.15, 0.2) is 24.3 Å². The molecule has 0 N–H and O–H groups in total. The van der Waals surface area contributed by atoms with E-state index in [1.54, 1.807) is 18.2 Å². The highest BCUT2D eigenvalue weighted by molar-refractivity contribution is 7.99. The van der Waals surface area contributed by atoms with Crippen LogP contribution in [0.5, 0.6) is 0 Å². The molecular formula is C13H15NO3S. The highest BCUT2D eigenvalue weighted by atomic mass is 32.2. The molecule has 0 aliphatic carbocycles. The van der Waals surface area contributed by atoms with Crippen molar-refractivity contribution in [1.82, 2.24) is 0 Å². The summed E-state index contributed by atoms with van der Waals surface area (Å²) in [6.07, 6.45) is 2.51. The molecule has 1 heterocycles. The van der Waals surface area contributed by atoms with Gasteiger partial charge in [0.15, 0.2) is 5.78 Å². The van der Waals surface area contributed by atoms with Crippen molar-refractivity contribution in [1.29, 1.82) is 0 Å². The van der Waals surface area contributed by atoms with Crippen molar-refractivity contribution >= 4 is 23.2 Å². The molecule has 18 heavy (non-hydrogen) atoms. The number of ketones is 1. The maximum absolute atomic E-state index is 12.1. The van der Waals surface area contributed by atoms with Gasteiger partial charge in [-0.1, -0.05) is 12.1 Å². The summed E-state index contributed by atoms with van der Waals surface area (Å²) in [7, 11) is 0. The first-order valence-electron chi connectivity index (χ1n) is 6.03. The number of thioether (sulfide) groups is 1. The van der Waals surface area contributed by atoms with Gasteiger partial charge in [0.1, 0.15) is 0 Å². The Hall–Kier alpha value is -1.36. The van der Waals surface area contributed by atoms with Crippen LogP contribution in [0.25, 0.3) is 0 Å². The number of para-hydroxylation sites is 1. The Morgan fingerprint density at radius 3 is 2.67 bits per heavy atom. The molecule has 0 bridgehead atoms. The van der Waals surface area contributed by atoms with Gasteiger partial charge in [0.25, 0.3) is 5.69 Å². The van der Waals surface area contributed by atoms with E-state index >= 15 is 0 Å². The number of hydrogen-bond acceptors (Lipinski definition) is 4. The summed E-state index contributed by atoms with van der Waals surface area (Å²) in [5.41, 5.74) is 0.174. The molecule has 1 aliphatic heterocycles. The van der Waals surface area contributed by atoms with Crippen LogP contribution in [0.2, 0.25) is 0 Å². The van der Waals surface area contributed by atoms with Gasteiger partial charge in [-0.2, -0.15) is 11.8 Å². The molecule has 96 valence electrons. The molecule has 1 saturated heterocycles. The lowest BCUT2D eigenvalue weighted by molar-refractivity contribution is -0.385. The van der Waals surface area contributed by atoms with Crippen LogP contribution >= 0.6 is 11.8 Å². The molecule has 0 aromatic heterocycles. The van der Waals surface area contributed by atoms with Gasteiger partial charge in [-0.05, 0) is 36.3 Å². The third-order valence-corrected chi connectivity index (χ3v) is 4.26. The predicted octanol–water partition coefficient (Wildman–Crippen LogP) is 3.31. The number of nitrogens with zero attached hydrogens (tertiary/aromatic N) is 1. The van der Waals surface area contributed by atoms with E-state index in [1.165, 1.54) is 6.07 Å². The molecule has 0 amide bonds. The zero-order chi connectivity index (χ0) is 13.0. The average molecular weight is 265 g/mol.